The number of thiazole rings is 1. The Hall–Kier alpha value is -1.29. The van der Waals surface area contributed by atoms with Crippen molar-refractivity contribution in [3.8, 4) is 5.75 Å². The fourth-order valence-electron chi connectivity index (χ4n) is 1.98. The molecular weight excluding hydrogens is 232 g/mol. The number of hydrogen-bond donors (Lipinski definition) is 1. The van der Waals surface area contributed by atoms with Crippen LogP contribution in [0.1, 0.15) is 31.7 Å². The Labute approximate surface area is 106 Å². The molecule has 1 aromatic carbocycles. The van der Waals surface area contributed by atoms with Crippen molar-refractivity contribution in [1.82, 2.24) is 4.98 Å². The summed E-state index contributed by atoms with van der Waals surface area (Å²) >= 11 is 1.55. The Balaban J connectivity index is 2.36. The zero-order chi connectivity index (χ0) is 12.3. The number of anilines is 1. The van der Waals surface area contributed by atoms with Gasteiger partial charge in [0.25, 0.3) is 0 Å². The molecule has 17 heavy (non-hydrogen) atoms. The lowest BCUT2D eigenvalue weighted by atomic mass is 10.1. The number of unbranched alkanes of at least 4 members (excludes halogenated alkanes) is 2. The lowest BCUT2D eigenvalue weighted by Gasteiger charge is -2.05. The number of methoxy groups -OCH3 is 1. The van der Waals surface area contributed by atoms with Crippen molar-refractivity contribution in [1.29, 1.82) is 0 Å². The average molecular weight is 250 g/mol. The highest BCUT2D eigenvalue weighted by atomic mass is 32.1. The van der Waals surface area contributed by atoms with Gasteiger partial charge >= 0.3 is 0 Å². The molecule has 0 aliphatic rings. The molecule has 0 aliphatic carbocycles. The highest BCUT2D eigenvalue weighted by Gasteiger charge is 2.11. The van der Waals surface area contributed by atoms with Gasteiger partial charge in [-0.1, -0.05) is 37.2 Å². The van der Waals surface area contributed by atoms with Gasteiger partial charge in [-0.25, -0.2) is 4.98 Å². The molecule has 0 spiro atoms. The molecule has 0 saturated heterocycles. The van der Waals surface area contributed by atoms with E-state index >= 15 is 0 Å². The Bertz CT molecular complexity index is 507. The number of nitrogen functional groups attached to an aromatic ring is 1. The highest BCUT2D eigenvalue weighted by molar-refractivity contribution is 7.22. The number of nitrogens with two attached hydrogens (primary N) is 1. The molecule has 0 saturated carbocycles. The third-order valence-corrected chi connectivity index (χ3v) is 3.83. The summed E-state index contributed by atoms with van der Waals surface area (Å²) < 4.78 is 6.49. The molecule has 2 N–H and O–H groups in total. The van der Waals surface area contributed by atoms with Crippen LogP contribution in [0.3, 0.4) is 0 Å². The first-order valence-electron chi connectivity index (χ1n) is 5.98. The molecule has 92 valence electrons. The second-order valence-electron chi connectivity index (χ2n) is 4.11. The summed E-state index contributed by atoms with van der Waals surface area (Å²) in [4.78, 5) is 4.34. The Morgan fingerprint density at radius 2 is 2.18 bits per heavy atom. The molecule has 2 aromatic rings. The van der Waals surface area contributed by atoms with Gasteiger partial charge in [-0.2, -0.15) is 0 Å². The quantitative estimate of drug-likeness (QED) is 0.824. The van der Waals surface area contributed by atoms with Crippen molar-refractivity contribution in [2.45, 2.75) is 32.6 Å². The van der Waals surface area contributed by atoms with Crippen LogP contribution in [0.2, 0.25) is 0 Å². The van der Waals surface area contributed by atoms with E-state index < -0.39 is 0 Å². The Morgan fingerprint density at radius 3 is 2.88 bits per heavy atom. The lowest BCUT2D eigenvalue weighted by molar-refractivity contribution is 0.419. The van der Waals surface area contributed by atoms with Crippen LogP contribution in [0.25, 0.3) is 10.2 Å². The van der Waals surface area contributed by atoms with E-state index in [9.17, 15) is 0 Å². The van der Waals surface area contributed by atoms with Gasteiger partial charge in [0.2, 0.25) is 0 Å². The van der Waals surface area contributed by atoms with Crippen LogP contribution in [0.5, 0.6) is 5.75 Å². The summed E-state index contributed by atoms with van der Waals surface area (Å²) in [6.07, 6.45) is 4.82. The highest BCUT2D eigenvalue weighted by Crippen LogP contribution is 2.34. The zero-order valence-electron chi connectivity index (χ0n) is 10.3. The van der Waals surface area contributed by atoms with Gasteiger partial charge in [-0.3, -0.25) is 0 Å². The standard InChI is InChI=1S/C13H18N2OS/c1-3-4-5-6-9-7-8-10(16-2)11-12(9)17-13(14)15-11/h7-8H,3-6H2,1-2H3,(H2,14,15). The molecule has 4 heteroatoms. The molecule has 0 unspecified atom stereocenters. The van der Waals surface area contributed by atoms with E-state index in [-0.39, 0.29) is 0 Å². The van der Waals surface area contributed by atoms with Crippen molar-refractivity contribution >= 4 is 26.7 Å². The fraction of sp³-hybridized carbons (Fsp3) is 0.462. The molecular formula is C13H18N2OS. The summed E-state index contributed by atoms with van der Waals surface area (Å²) in [6.45, 7) is 2.22. The molecule has 0 radical (unpaired) electrons. The minimum atomic E-state index is 0.612. The zero-order valence-corrected chi connectivity index (χ0v) is 11.1. The molecule has 0 fully saturated rings. The summed E-state index contributed by atoms with van der Waals surface area (Å²) in [5, 5.41) is 0.612. The second kappa shape index (κ2) is 5.36. The SMILES string of the molecule is CCCCCc1ccc(OC)c2nc(N)sc12. The third-order valence-electron chi connectivity index (χ3n) is 2.87. The maximum Gasteiger partial charge on any atom is 0.181 e. The van der Waals surface area contributed by atoms with Crippen LogP contribution in [0.4, 0.5) is 5.13 Å². The van der Waals surface area contributed by atoms with Crippen molar-refractivity contribution in [2.24, 2.45) is 0 Å². The molecule has 1 aromatic heterocycles. The minimum Gasteiger partial charge on any atom is -0.494 e. The van der Waals surface area contributed by atoms with Gasteiger partial charge in [0.15, 0.2) is 5.13 Å². The van der Waals surface area contributed by atoms with Crippen LogP contribution in [0.15, 0.2) is 12.1 Å². The second-order valence-corrected chi connectivity index (χ2v) is 5.14. The monoisotopic (exact) mass is 250 g/mol. The molecule has 0 atom stereocenters. The van der Waals surface area contributed by atoms with Crippen molar-refractivity contribution in [2.75, 3.05) is 12.8 Å². The van der Waals surface area contributed by atoms with E-state index in [0.717, 1.165) is 17.7 Å². The molecule has 0 bridgehead atoms. The maximum atomic E-state index is 5.79. The Kier molecular flexibility index (Phi) is 3.84. The van der Waals surface area contributed by atoms with Gasteiger partial charge in [0.05, 0.1) is 11.8 Å². The molecule has 0 aliphatic heterocycles. The van der Waals surface area contributed by atoms with Crippen LogP contribution >= 0.6 is 11.3 Å². The van der Waals surface area contributed by atoms with E-state index in [2.05, 4.69) is 18.0 Å². The number of fused-ring (bicyclic) bond motifs is 1. The molecule has 1 heterocycles. The Morgan fingerprint density at radius 1 is 1.35 bits per heavy atom. The molecule has 3 nitrogen and oxygen atoms in total. The van der Waals surface area contributed by atoms with Gasteiger partial charge in [0, 0.05) is 0 Å². The first kappa shape index (κ1) is 12.2. The summed E-state index contributed by atoms with van der Waals surface area (Å²) in [7, 11) is 1.67. The molecule has 2 rings (SSSR count). The predicted octanol–water partition coefficient (Wildman–Crippen LogP) is 3.62. The van der Waals surface area contributed by atoms with E-state index in [0.29, 0.717) is 5.13 Å². The number of rotatable bonds is 5. The summed E-state index contributed by atoms with van der Waals surface area (Å²) in [5.41, 5.74) is 8.03. The van der Waals surface area contributed by atoms with Crippen LogP contribution in [-0.2, 0) is 6.42 Å². The van der Waals surface area contributed by atoms with Gasteiger partial charge < -0.3 is 10.5 Å². The number of aryl methyl sites for hydroxylation is 1. The maximum absolute atomic E-state index is 5.79. The number of benzene rings is 1. The van der Waals surface area contributed by atoms with E-state index in [1.807, 2.05) is 6.07 Å². The van der Waals surface area contributed by atoms with Crippen LogP contribution in [0, 0.1) is 0 Å². The van der Waals surface area contributed by atoms with Crippen molar-refractivity contribution in [3.05, 3.63) is 17.7 Å². The average Bonchev–Trinajstić information content (AvgIpc) is 2.71. The van der Waals surface area contributed by atoms with E-state index in [4.69, 9.17) is 10.5 Å². The van der Waals surface area contributed by atoms with E-state index in [1.54, 1.807) is 18.4 Å². The van der Waals surface area contributed by atoms with Crippen molar-refractivity contribution in [3.63, 3.8) is 0 Å². The first-order valence-corrected chi connectivity index (χ1v) is 6.79. The summed E-state index contributed by atoms with van der Waals surface area (Å²) in [6, 6.07) is 4.12. The smallest absolute Gasteiger partial charge is 0.181 e. The number of ether oxygens (including phenoxy) is 1. The number of aromatic nitrogens is 1. The molecule has 0 amide bonds. The first-order chi connectivity index (χ1) is 8.26. The summed E-state index contributed by atoms with van der Waals surface area (Å²) in [5.74, 6) is 0.812. The minimum absolute atomic E-state index is 0.612. The normalized spacial score (nSPS) is 10.9. The van der Waals surface area contributed by atoms with Gasteiger partial charge in [-0.05, 0) is 24.5 Å². The predicted molar refractivity (Wildman–Crippen MR) is 73.8 cm³/mol. The van der Waals surface area contributed by atoms with Crippen LogP contribution in [-0.4, -0.2) is 12.1 Å². The largest absolute Gasteiger partial charge is 0.494 e. The lowest BCUT2D eigenvalue weighted by Crippen LogP contribution is -1.90. The fourth-order valence-corrected chi connectivity index (χ4v) is 2.87. The van der Waals surface area contributed by atoms with Gasteiger partial charge in [0.1, 0.15) is 11.3 Å². The van der Waals surface area contributed by atoms with E-state index in [1.165, 1.54) is 29.5 Å². The van der Waals surface area contributed by atoms with Crippen LogP contribution < -0.4 is 10.5 Å². The number of hydrogen-bond acceptors (Lipinski definition) is 4. The third kappa shape index (κ3) is 2.52. The number of nitrogens with zero attached hydrogens (tertiary/aromatic N) is 1. The topological polar surface area (TPSA) is 48.1 Å². The van der Waals surface area contributed by atoms with Gasteiger partial charge in [-0.15, -0.1) is 0 Å². The van der Waals surface area contributed by atoms with Crippen molar-refractivity contribution < 1.29 is 4.74 Å².